The number of anilines is 1. The van der Waals surface area contributed by atoms with Crippen LogP contribution in [0, 0.1) is 0 Å². The van der Waals surface area contributed by atoms with Crippen molar-refractivity contribution >= 4 is 26.7 Å². The molecule has 98 valence electrons. The Morgan fingerprint density at radius 2 is 2.28 bits per heavy atom. The number of nitrogen functional groups attached to an aromatic ring is 1. The van der Waals surface area contributed by atoms with Crippen LogP contribution in [0.5, 0.6) is 0 Å². The highest BCUT2D eigenvalue weighted by molar-refractivity contribution is 7.22. The van der Waals surface area contributed by atoms with Gasteiger partial charge in [-0.25, -0.2) is 4.98 Å². The van der Waals surface area contributed by atoms with Crippen LogP contribution < -0.4 is 5.73 Å². The number of hydrogen-bond acceptors (Lipinski definition) is 5. The molecule has 18 heavy (non-hydrogen) atoms. The minimum atomic E-state index is 0.633. The van der Waals surface area contributed by atoms with Gasteiger partial charge in [0.05, 0.1) is 16.8 Å². The Bertz CT molecular complexity index is 512. The molecule has 0 aliphatic carbocycles. The average Bonchev–Trinajstić information content (AvgIpc) is 2.73. The second-order valence-electron chi connectivity index (χ2n) is 4.22. The molecule has 1 heterocycles. The molecule has 0 bridgehead atoms. The number of methoxy groups -OCH3 is 1. The summed E-state index contributed by atoms with van der Waals surface area (Å²) in [7, 11) is 1.74. The molecule has 0 unspecified atom stereocenters. The van der Waals surface area contributed by atoms with Crippen molar-refractivity contribution < 1.29 is 4.74 Å². The average molecular weight is 265 g/mol. The molecule has 1 aromatic carbocycles. The summed E-state index contributed by atoms with van der Waals surface area (Å²) in [5, 5.41) is 0.633. The first-order valence-electron chi connectivity index (χ1n) is 6.09. The fraction of sp³-hybridized carbons (Fsp3) is 0.462. The molecule has 0 aliphatic rings. The molecule has 0 radical (unpaired) electrons. The third-order valence-corrected chi connectivity index (χ3v) is 3.78. The topological polar surface area (TPSA) is 51.4 Å². The molecule has 0 amide bonds. The van der Waals surface area contributed by atoms with E-state index in [9.17, 15) is 0 Å². The van der Waals surface area contributed by atoms with Gasteiger partial charge in [-0.15, -0.1) is 0 Å². The lowest BCUT2D eigenvalue weighted by molar-refractivity contribution is 0.147. The first-order valence-corrected chi connectivity index (χ1v) is 6.90. The number of nitrogens with two attached hydrogens (primary N) is 1. The molecule has 0 spiro atoms. The third kappa shape index (κ3) is 3.19. The second kappa shape index (κ2) is 6.13. The number of nitrogens with zero attached hydrogens (tertiary/aromatic N) is 2. The molecule has 0 atom stereocenters. The second-order valence-corrected chi connectivity index (χ2v) is 5.28. The van der Waals surface area contributed by atoms with Crippen LogP contribution in [0.15, 0.2) is 18.2 Å². The Balaban J connectivity index is 2.10. The van der Waals surface area contributed by atoms with Gasteiger partial charge in [0.1, 0.15) is 0 Å². The predicted molar refractivity (Wildman–Crippen MR) is 76.9 cm³/mol. The summed E-state index contributed by atoms with van der Waals surface area (Å²) in [5.41, 5.74) is 8.00. The van der Waals surface area contributed by atoms with Gasteiger partial charge in [-0.05, 0) is 24.2 Å². The summed E-state index contributed by atoms with van der Waals surface area (Å²) in [6.45, 7) is 5.85. The highest BCUT2D eigenvalue weighted by atomic mass is 32.1. The number of thiazole rings is 1. The standard InChI is InChI=1S/C13H19N3OS/c1-3-16(6-7-17-2)9-10-4-5-11-12(8-10)18-13(14)15-11/h4-5,8H,3,6-7,9H2,1-2H3,(H2,14,15). The number of ether oxygens (including phenoxy) is 1. The molecular formula is C13H19N3OS. The van der Waals surface area contributed by atoms with Crippen LogP contribution in [0.1, 0.15) is 12.5 Å². The third-order valence-electron chi connectivity index (χ3n) is 2.93. The van der Waals surface area contributed by atoms with Gasteiger partial charge >= 0.3 is 0 Å². The molecule has 4 nitrogen and oxygen atoms in total. The van der Waals surface area contributed by atoms with Gasteiger partial charge in [0.15, 0.2) is 5.13 Å². The van der Waals surface area contributed by atoms with E-state index in [0.29, 0.717) is 5.13 Å². The van der Waals surface area contributed by atoms with Crippen LogP contribution in [0.2, 0.25) is 0 Å². The van der Waals surface area contributed by atoms with Crippen LogP contribution in [0.4, 0.5) is 5.13 Å². The largest absolute Gasteiger partial charge is 0.383 e. The molecule has 5 heteroatoms. The van der Waals surface area contributed by atoms with Crippen molar-refractivity contribution in [3.05, 3.63) is 23.8 Å². The van der Waals surface area contributed by atoms with Crippen molar-refractivity contribution in [3.8, 4) is 0 Å². The van der Waals surface area contributed by atoms with E-state index in [4.69, 9.17) is 10.5 Å². The first kappa shape index (κ1) is 13.3. The number of aromatic nitrogens is 1. The normalized spacial score (nSPS) is 11.5. The summed E-state index contributed by atoms with van der Waals surface area (Å²) in [6, 6.07) is 6.34. The van der Waals surface area contributed by atoms with Crippen molar-refractivity contribution in [3.63, 3.8) is 0 Å². The first-order chi connectivity index (χ1) is 8.72. The Labute approximate surface area is 111 Å². The van der Waals surface area contributed by atoms with Crippen molar-refractivity contribution in [1.82, 2.24) is 9.88 Å². The number of benzene rings is 1. The van der Waals surface area contributed by atoms with Crippen LogP contribution in [-0.2, 0) is 11.3 Å². The Morgan fingerprint density at radius 1 is 1.44 bits per heavy atom. The lowest BCUT2D eigenvalue weighted by Gasteiger charge is -2.19. The lowest BCUT2D eigenvalue weighted by Crippen LogP contribution is -2.26. The predicted octanol–water partition coefficient (Wildman–Crippen LogP) is 2.35. The molecule has 2 aromatic rings. The molecule has 0 saturated heterocycles. The van der Waals surface area contributed by atoms with Gasteiger partial charge in [0, 0.05) is 20.2 Å². The maximum atomic E-state index is 5.71. The van der Waals surface area contributed by atoms with Gasteiger partial charge in [-0.1, -0.05) is 24.3 Å². The molecule has 0 aliphatic heterocycles. The smallest absolute Gasteiger partial charge is 0.181 e. The van der Waals surface area contributed by atoms with Crippen molar-refractivity contribution in [1.29, 1.82) is 0 Å². The van der Waals surface area contributed by atoms with E-state index in [1.54, 1.807) is 18.4 Å². The number of hydrogen-bond donors (Lipinski definition) is 1. The Hall–Kier alpha value is -1.17. The molecule has 0 saturated carbocycles. The molecule has 2 rings (SSSR count). The van der Waals surface area contributed by atoms with Crippen LogP contribution in [0.3, 0.4) is 0 Å². The number of rotatable bonds is 6. The van der Waals surface area contributed by atoms with Gasteiger partial charge in [0.25, 0.3) is 0 Å². The van der Waals surface area contributed by atoms with Gasteiger partial charge in [0.2, 0.25) is 0 Å². The van der Waals surface area contributed by atoms with E-state index < -0.39 is 0 Å². The number of fused-ring (bicyclic) bond motifs is 1. The van der Waals surface area contributed by atoms with Crippen LogP contribution in [-0.4, -0.2) is 36.7 Å². The summed E-state index contributed by atoms with van der Waals surface area (Å²) >= 11 is 1.54. The van der Waals surface area contributed by atoms with E-state index in [1.807, 2.05) is 6.07 Å². The van der Waals surface area contributed by atoms with E-state index in [-0.39, 0.29) is 0 Å². The lowest BCUT2D eigenvalue weighted by atomic mass is 10.2. The van der Waals surface area contributed by atoms with Crippen LogP contribution >= 0.6 is 11.3 Å². The fourth-order valence-electron chi connectivity index (χ4n) is 1.91. The summed E-state index contributed by atoms with van der Waals surface area (Å²) in [5.74, 6) is 0. The SMILES string of the molecule is CCN(CCOC)Cc1ccc2nc(N)sc2c1. The van der Waals surface area contributed by atoms with E-state index in [0.717, 1.165) is 36.5 Å². The fourth-order valence-corrected chi connectivity index (χ4v) is 2.71. The van der Waals surface area contributed by atoms with Gasteiger partial charge in [-0.3, -0.25) is 4.90 Å². The zero-order chi connectivity index (χ0) is 13.0. The maximum absolute atomic E-state index is 5.71. The van der Waals surface area contributed by atoms with E-state index in [1.165, 1.54) is 5.56 Å². The Morgan fingerprint density at radius 3 is 3.00 bits per heavy atom. The quantitative estimate of drug-likeness (QED) is 0.871. The zero-order valence-corrected chi connectivity index (χ0v) is 11.7. The van der Waals surface area contributed by atoms with Crippen molar-refractivity contribution in [2.75, 3.05) is 32.5 Å². The number of likely N-dealkylation sites (N-methyl/N-ethyl adjacent to an activating group) is 1. The van der Waals surface area contributed by atoms with Crippen molar-refractivity contribution in [2.24, 2.45) is 0 Å². The maximum Gasteiger partial charge on any atom is 0.181 e. The van der Waals surface area contributed by atoms with E-state index in [2.05, 4.69) is 28.9 Å². The summed E-state index contributed by atoms with van der Waals surface area (Å²) in [4.78, 5) is 6.62. The van der Waals surface area contributed by atoms with E-state index >= 15 is 0 Å². The minimum absolute atomic E-state index is 0.633. The highest BCUT2D eigenvalue weighted by Gasteiger charge is 2.06. The molecular weight excluding hydrogens is 246 g/mol. The van der Waals surface area contributed by atoms with Crippen LogP contribution in [0.25, 0.3) is 10.2 Å². The summed E-state index contributed by atoms with van der Waals surface area (Å²) in [6.07, 6.45) is 0. The Kier molecular flexibility index (Phi) is 4.52. The molecule has 0 fully saturated rings. The molecule has 2 N–H and O–H groups in total. The van der Waals surface area contributed by atoms with Gasteiger partial charge < -0.3 is 10.5 Å². The van der Waals surface area contributed by atoms with Gasteiger partial charge in [-0.2, -0.15) is 0 Å². The highest BCUT2D eigenvalue weighted by Crippen LogP contribution is 2.25. The molecule has 1 aromatic heterocycles. The van der Waals surface area contributed by atoms with Crippen molar-refractivity contribution in [2.45, 2.75) is 13.5 Å². The summed E-state index contributed by atoms with van der Waals surface area (Å²) < 4.78 is 6.28. The zero-order valence-electron chi connectivity index (χ0n) is 10.8. The monoisotopic (exact) mass is 265 g/mol. The minimum Gasteiger partial charge on any atom is -0.383 e.